The number of anilines is 1. The van der Waals surface area contributed by atoms with E-state index in [9.17, 15) is 0 Å². The van der Waals surface area contributed by atoms with Gasteiger partial charge >= 0.3 is 0 Å². The van der Waals surface area contributed by atoms with Crippen molar-refractivity contribution in [3.05, 3.63) is 18.1 Å². The Balaban J connectivity index is 1.96. The van der Waals surface area contributed by atoms with Gasteiger partial charge in [-0.05, 0) is 32.7 Å². The first kappa shape index (κ1) is 13.3. The third-order valence-corrected chi connectivity index (χ3v) is 3.91. The number of nitrogens with one attached hydrogen (secondary N) is 1. The second-order valence-corrected chi connectivity index (χ2v) is 5.38. The standard InChI is InChI=1S/C14H22N6/c1-3-15-9-12-6-4-5-7-19(12)13-8-11(2)18-14-16-10-17-20(13)14/h8,10,12,15H,3-7,9H2,1-2H3. The zero-order valence-corrected chi connectivity index (χ0v) is 12.2. The minimum Gasteiger partial charge on any atom is -0.352 e. The summed E-state index contributed by atoms with van der Waals surface area (Å²) in [5, 5.41) is 7.80. The summed E-state index contributed by atoms with van der Waals surface area (Å²) in [7, 11) is 0. The van der Waals surface area contributed by atoms with Gasteiger partial charge in [0.1, 0.15) is 12.1 Å². The Labute approximate surface area is 119 Å². The van der Waals surface area contributed by atoms with Gasteiger partial charge in [-0.1, -0.05) is 6.92 Å². The molecule has 1 aliphatic rings. The number of likely N-dealkylation sites (N-methyl/N-ethyl adjacent to an activating group) is 1. The van der Waals surface area contributed by atoms with E-state index in [0.29, 0.717) is 11.8 Å². The molecule has 0 aliphatic carbocycles. The van der Waals surface area contributed by atoms with E-state index in [0.717, 1.165) is 31.1 Å². The van der Waals surface area contributed by atoms with E-state index in [2.05, 4.69) is 38.3 Å². The van der Waals surface area contributed by atoms with Crippen molar-refractivity contribution < 1.29 is 0 Å². The van der Waals surface area contributed by atoms with Gasteiger partial charge in [-0.2, -0.15) is 14.6 Å². The second kappa shape index (κ2) is 5.75. The van der Waals surface area contributed by atoms with Gasteiger partial charge in [-0.25, -0.2) is 4.98 Å². The van der Waals surface area contributed by atoms with Crippen LogP contribution in [-0.2, 0) is 0 Å². The summed E-state index contributed by atoms with van der Waals surface area (Å²) in [5.74, 6) is 1.81. The molecular formula is C14H22N6. The molecule has 0 spiro atoms. The van der Waals surface area contributed by atoms with Gasteiger partial charge in [-0.3, -0.25) is 0 Å². The summed E-state index contributed by atoms with van der Waals surface area (Å²) in [4.78, 5) is 11.1. The Morgan fingerprint density at radius 2 is 2.30 bits per heavy atom. The molecule has 0 amide bonds. The Kier molecular flexibility index (Phi) is 3.82. The van der Waals surface area contributed by atoms with E-state index < -0.39 is 0 Å². The molecule has 1 fully saturated rings. The first-order chi connectivity index (χ1) is 9.79. The number of hydrogen-bond acceptors (Lipinski definition) is 5. The summed E-state index contributed by atoms with van der Waals surface area (Å²) in [5.41, 5.74) is 0.994. The highest BCUT2D eigenvalue weighted by atomic mass is 15.4. The molecule has 1 saturated heterocycles. The summed E-state index contributed by atoms with van der Waals surface area (Å²) in [6.45, 7) is 7.28. The molecule has 6 heteroatoms. The minimum atomic E-state index is 0.526. The number of rotatable bonds is 4. The molecule has 0 radical (unpaired) electrons. The van der Waals surface area contributed by atoms with Crippen molar-refractivity contribution in [3.8, 4) is 0 Å². The van der Waals surface area contributed by atoms with Crippen molar-refractivity contribution in [2.75, 3.05) is 24.5 Å². The zero-order chi connectivity index (χ0) is 13.9. The van der Waals surface area contributed by atoms with Crippen LogP contribution in [0.4, 0.5) is 5.82 Å². The molecule has 3 heterocycles. The van der Waals surface area contributed by atoms with Crippen LogP contribution in [0.2, 0.25) is 0 Å². The molecule has 2 aromatic heterocycles. The molecule has 0 bridgehead atoms. The molecule has 6 nitrogen and oxygen atoms in total. The SMILES string of the molecule is CCNCC1CCCCN1c1cc(C)nc2ncnn12. The second-order valence-electron chi connectivity index (χ2n) is 5.38. The maximum absolute atomic E-state index is 4.43. The number of aromatic nitrogens is 4. The molecular weight excluding hydrogens is 252 g/mol. The smallest absolute Gasteiger partial charge is 0.254 e. The van der Waals surface area contributed by atoms with E-state index >= 15 is 0 Å². The van der Waals surface area contributed by atoms with Gasteiger partial charge in [0.25, 0.3) is 5.78 Å². The number of nitrogens with zero attached hydrogens (tertiary/aromatic N) is 5. The lowest BCUT2D eigenvalue weighted by molar-refractivity contribution is 0.434. The van der Waals surface area contributed by atoms with E-state index in [1.54, 1.807) is 6.33 Å². The summed E-state index contributed by atoms with van der Waals surface area (Å²) in [6.07, 6.45) is 5.34. The van der Waals surface area contributed by atoms with Crippen LogP contribution in [0.3, 0.4) is 0 Å². The Morgan fingerprint density at radius 3 is 3.15 bits per heavy atom. The van der Waals surface area contributed by atoms with E-state index in [-0.39, 0.29) is 0 Å². The minimum absolute atomic E-state index is 0.526. The van der Waals surface area contributed by atoms with E-state index in [1.807, 2.05) is 11.4 Å². The van der Waals surface area contributed by atoms with Crippen LogP contribution in [0.5, 0.6) is 0 Å². The van der Waals surface area contributed by atoms with E-state index in [1.165, 1.54) is 19.3 Å². The maximum Gasteiger partial charge on any atom is 0.254 e. The quantitative estimate of drug-likeness (QED) is 0.913. The summed E-state index contributed by atoms with van der Waals surface area (Å²) < 4.78 is 1.86. The average molecular weight is 274 g/mol. The summed E-state index contributed by atoms with van der Waals surface area (Å²) >= 11 is 0. The van der Waals surface area contributed by atoms with Crippen LogP contribution in [0.25, 0.3) is 5.78 Å². The summed E-state index contributed by atoms with van der Waals surface area (Å²) in [6, 6.07) is 2.64. The van der Waals surface area contributed by atoms with Gasteiger partial charge in [0.15, 0.2) is 0 Å². The van der Waals surface area contributed by atoms with Gasteiger partial charge < -0.3 is 10.2 Å². The molecule has 2 aromatic rings. The fourth-order valence-electron chi connectivity index (χ4n) is 2.94. The molecule has 3 rings (SSSR count). The van der Waals surface area contributed by atoms with Crippen LogP contribution in [0.1, 0.15) is 31.9 Å². The fourth-order valence-corrected chi connectivity index (χ4v) is 2.94. The Hall–Kier alpha value is -1.69. The third kappa shape index (κ3) is 2.47. The van der Waals surface area contributed by atoms with Crippen LogP contribution in [0, 0.1) is 6.92 Å². The molecule has 0 aromatic carbocycles. The van der Waals surface area contributed by atoms with Gasteiger partial charge in [-0.15, -0.1) is 0 Å². The molecule has 1 N–H and O–H groups in total. The number of aryl methyl sites for hydroxylation is 1. The van der Waals surface area contributed by atoms with Gasteiger partial charge in [0.05, 0.1) is 0 Å². The van der Waals surface area contributed by atoms with Crippen molar-refractivity contribution in [1.29, 1.82) is 0 Å². The number of fused-ring (bicyclic) bond motifs is 1. The van der Waals surface area contributed by atoms with Gasteiger partial charge in [0, 0.05) is 30.9 Å². The number of hydrogen-bond donors (Lipinski definition) is 1. The van der Waals surface area contributed by atoms with Crippen molar-refractivity contribution >= 4 is 11.6 Å². The predicted octanol–water partition coefficient (Wildman–Crippen LogP) is 1.40. The molecule has 20 heavy (non-hydrogen) atoms. The van der Waals surface area contributed by atoms with Crippen LogP contribution in [0.15, 0.2) is 12.4 Å². The highest BCUT2D eigenvalue weighted by Gasteiger charge is 2.24. The molecule has 1 atom stereocenters. The number of piperidine rings is 1. The van der Waals surface area contributed by atoms with Crippen molar-refractivity contribution in [2.45, 2.75) is 39.2 Å². The lowest BCUT2D eigenvalue weighted by atomic mass is 10.0. The van der Waals surface area contributed by atoms with Crippen LogP contribution in [-0.4, -0.2) is 45.3 Å². The Morgan fingerprint density at radius 1 is 1.40 bits per heavy atom. The first-order valence-corrected chi connectivity index (χ1v) is 7.44. The lowest BCUT2D eigenvalue weighted by Gasteiger charge is -2.37. The highest BCUT2D eigenvalue weighted by Crippen LogP contribution is 2.25. The molecule has 1 aliphatic heterocycles. The fraction of sp³-hybridized carbons (Fsp3) is 0.643. The highest BCUT2D eigenvalue weighted by molar-refractivity contribution is 5.48. The molecule has 1 unspecified atom stereocenters. The maximum atomic E-state index is 4.43. The topological polar surface area (TPSA) is 58.3 Å². The molecule has 108 valence electrons. The lowest BCUT2D eigenvalue weighted by Crippen LogP contribution is -2.46. The largest absolute Gasteiger partial charge is 0.352 e. The third-order valence-electron chi connectivity index (χ3n) is 3.91. The first-order valence-electron chi connectivity index (χ1n) is 7.44. The monoisotopic (exact) mass is 274 g/mol. The Bertz CT molecular complexity index is 578. The molecule has 0 saturated carbocycles. The average Bonchev–Trinajstić information content (AvgIpc) is 2.92. The van der Waals surface area contributed by atoms with Crippen LogP contribution >= 0.6 is 0 Å². The predicted molar refractivity (Wildman–Crippen MR) is 79.0 cm³/mol. The van der Waals surface area contributed by atoms with Crippen molar-refractivity contribution in [1.82, 2.24) is 24.9 Å². The van der Waals surface area contributed by atoms with Gasteiger partial charge in [0.2, 0.25) is 0 Å². The normalized spacial score (nSPS) is 19.7. The van der Waals surface area contributed by atoms with Crippen molar-refractivity contribution in [2.24, 2.45) is 0 Å². The zero-order valence-electron chi connectivity index (χ0n) is 12.2. The van der Waals surface area contributed by atoms with E-state index in [4.69, 9.17) is 0 Å². The van der Waals surface area contributed by atoms with Crippen molar-refractivity contribution in [3.63, 3.8) is 0 Å². The van der Waals surface area contributed by atoms with Crippen LogP contribution < -0.4 is 10.2 Å².